The van der Waals surface area contributed by atoms with Gasteiger partial charge in [-0.2, -0.15) is 0 Å². The lowest BCUT2D eigenvalue weighted by molar-refractivity contribution is -0.128. The van der Waals surface area contributed by atoms with Crippen molar-refractivity contribution in [1.29, 1.82) is 0 Å². The van der Waals surface area contributed by atoms with Gasteiger partial charge in [0, 0.05) is 18.1 Å². The van der Waals surface area contributed by atoms with E-state index in [9.17, 15) is 4.79 Å². The first kappa shape index (κ1) is 15.8. The lowest BCUT2D eigenvalue weighted by Gasteiger charge is -2.41. The van der Waals surface area contributed by atoms with Crippen LogP contribution in [-0.4, -0.2) is 60.5 Å². The summed E-state index contributed by atoms with van der Waals surface area (Å²) in [5.41, 5.74) is -0.118. The van der Waals surface area contributed by atoms with Crippen LogP contribution in [0.25, 0.3) is 0 Å². The highest BCUT2D eigenvalue weighted by Crippen LogP contribution is 2.24. The first-order valence-corrected chi connectivity index (χ1v) is 8.10. The number of hydrogen-bond donors (Lipinski definition) is 1. The van der Waals surface area contributed by atoms with Crippen LogP contribution in [0.5, 0.6) is 0 Å². The van der Waals surface area contributed by atoms with Gasteiger partial charge >= 0.3 is 0 Å². The molecule has 0 radical (unpaired) electrons. The van der Waals surface area contributed by atoms with E-state index in [0.717, 1.165) is 19.4 Å². The minimum absolute atomic E-state index is 0.118. The van der Waals surface area contributed by atoms with E-state index in [4.69, 9.17) is 0 Å². The molecule has 116 valence electrons. The Kier molecular flexibility index (Phi) is 5.08. The van der Waals surface area contributed by atoms with E-state index in [1.807, 2.05) is 0 Å². The molecule has 2 fully saturated rings. The second kappa shape index (κ2) is 6.44. The lowest BCUT2D eigenvalue weighted by atomic mass is 9.92. The Morgan fingerprint density at radius 3 is 2.35 bits per heavy atom. The Morgan fingerprint density at radius 2 is 1.75 bits per heavy atom. The molecule has 0 aliphatic carbocycles. The fraction of sp³-hybridized carbons (Fsp3) is 0.938. The summed E-state index contributed by atoms with van der Waals surface area (Å²) in [6, 6.07) is 0.691. The van der Waals surface area contributed by atoms with Crippen LogP contribution < -0.4 is 5.32 Å². The zero-order valence-electron chi connectivity index (χ0n) is 13.6. The summed E-state index contributed by atoms with van der Waals surface area (Å²) in [6.45, 7) is 10.7. The maximum absolute atomic E-state index is 12.3. The standard InChI is InChI=1S/C16H31N3O/c1-16(2,3)17-15(20)13-6-5-9-19(12-13)14-7-10-18(4)11-8-14/h13-14H,5-12H2,1-4H3,(H,17,20). The van der Waals surface area contributed by atoms with E-state index < -0.39 is 0 Å². The molecule has 2 aliphatic rings. The second-order valence-corrected chi connectivity index (χ2v) is 7.61. The predicted molar refractivity (Wildman–Crippen MR) is 82.7 cm³/mol. The van der Waals surface area contributed by atoms with Crippen molar-refractivity contribution in [3.63, 3.8) is 0 Å². The predicted octanol–water partition coefficient (Wildman–Crippen LogP) is 1.71. The summed E-state index contributed by atoms with van der Waals surface area (Å²) in [5, 5.41) is 3.15. The Hall–Kier alpha value is -0.610. The Morgan fingerprint density at radius 1 is 1.10 bits per heavy atom. The van der Waals surface area contributed by atoms with Gasteiger partial charge < -0.3 is 10.2 Å². The van der Waals surface area contributed by atoms with E-state index in [-0.39, 0.29) is 17.4 Å². The summed E-state index contributed by atoms with van der Waals surface area (Å²) in [6.07, 6.45) is 4.72. The monoisotopic (exact) mass is 281 g/mol. The molecule has 20 heavy (non-hydrogen) atoms. The zero-order valence-corrected chi connectivity index (χ0v) is 13.6. The number of amides is 1. The minimum Gasteiger partial charge on any atom is -0.351 e. The van der Waals surface area contributed by atoms with Crippen LogP contribution in [0.15, 0.2) is 0 Å². The molecule has 1 unspecified atom stereocenters. The summed E-state index contributed by atoms with van der Waals surface area (Å²) in [5.74, 6) is 0.428. The normalized spacial score (nSPS) is 27.5. The van der Waals surface area contributed by atoms with Crippen LogP contribution >= 0.6 is 0 Å². The molecule has 2 heterocycles. The molecule has 2 rings (SSSR count). The fourth-order valence-corrected chi connectivity index (χ4v) is 3.38. The number of nitrogens with zero attached hydrogens (tertiary/aromatic N) is 2. The van der Waals surface area contributed by atoms with E-state index in [1.54, 1.807) is 0 Å². The van der Waals surface area contributed by atoms with Crippen molar-refractivity contribution in [2.24, 2.45) is 5.92 Å². The smallest absolute Gasteiger partial charge is 0.224 e. The average molecular weight is 281 g/mol. The van der Waals surface area contributed by atoms with Gasteiger partial charge in [-0.1, -0.05) is 0 Å². The molecule has 0 aromatic carbocycles. The van der Waals surface area contributed by atoms with Crippen molar-refractivity contribution < 1.29 is 4.79 Å². The number of carbonyl (C=O) groups excluding carboxylic acids is 1. The van der Waals surface area contributed by atoms with Crippen molar-refractivity contribution in [2.75, 3.05) is 33.2 Å². The Labute approximate surface area is 123 Å². The Balaban J connectivity index is 1.86. The fourth-order valence-electron chi connectivity index (χ4n) is 3.38. The molecule has 0 bridgehead atoms. The highest BCUT2D eigenvalue weighted by molar-refractivity contribution is 5.79. The van der Waals surface area contributed by atoms with Gasteiger partial charge in [-0.3, -0.25) is 9.69 Å². The van der Waals surface area contributed by atoms with E-state index in [1.165, 1.54) is 32.5 Å². The molecule has 0 spiro atoms. The largest absolute Gasteiger partial charge is 0.351 e. The van der Waals surface area contributed by atoms with E-state index in [0.29, 0.717) is 6.04 Å². The molecular weight excluding hydrogens is 250 g/mol. The van der Waals surface area contributed by atoms with Crippen molar-refractivity contribution >= 4 is 5.91 Å². The van der Waals surface area contributed by atoms with Gasteiger partial charge in [-0.15, -0.1) is 0 Å². The molecule has 0 saturated carbocycles. The summed E-state index contributed by atoms with van der Waals surface area (Å²) >= 11 is 0. The van der Waals surface area contributed by atoms with Crippen molar-refractivity contribution in [3.8, 4) is 0 Å². The summed E-state index contributed by atoms with van der Waals surface area (Å²) in [7, 11) is 2.20. The molecule has 0 aromatic rings. The molecular formula is C16H31N3O. The summed E-state index contributed by atoms with van der Waals surface area (Å²) in [4.78, 5) is 17.3. The third kappa shape index (κ3) is 4.45. The highest BCUT2D eigenvalue weighted by Gasteiger charge is 2.32. The van der Waals surface area contributed by atoms with Crippen LogP contribution in [0, 0.1) is 5.92 Å². The van der Waals surface area contributed by atoms with Crippen molar-refractivity contribution in [2.45, 2.75) is 58.0 Å². The Bertz CT molecular complexity index is 329. The van der Waals surface area contributed by atoms with E-state index >= 15 is 0 Å². The summed E-state index contributed by atoms with van der Waals surface area (Å²) < 4.78 is 0. The lowest BCUT2D eigenvalue weighted by Crippen LogP contribution is -2.52. The maximum atomic E-state index is 12.3. The number of carbonyl (C=O) groups is 1. The number of piperidine rings is 2. The van der Waals surface area contributed by atoms with Gasteiger partial charge in [0.2, 0.25) is 5.91 Å². The quantitative estimate of drug-likeness (QED) is 0.837. The van der Waals surface area contributed by atoms with Crippen LogP contribution in [-0.2, 0) is 4.79 Å². The molecule has 4 heteroatoms. The molecule has 2 aliphatic heterocycles. The van der Waals surface area contributed by atoms with Gasteiger partial charge in [-0.25, -0.2) is 0 Å². The second-order valence-electron chi connectivity index (χ2n) is 7.61. The molecule has 2 saturated heterocycles. The molecule has 1 amide bonds. The van der Waals surface area contributed by atoms with Gasteiger partial charge in [-0.05, 0) is 73.1 Å². The van der Waals surface area contributed by atoms with Gasteiger partial charge in [0.25, 0.3) is 0 Å². The molecule has 1 atom stereocenters. The molecule has 0 aromatic heterocycles. The van der Waals surface area contributed by atoms with Crippen LogP contribution in [0.2, 0.25) is 0 Å². The SMILES string of the molecule is CN1CCC(N2CCCC(C(=O)NC(C)(C)C)C2)CC1. The first-order chi connectivity index (χ1) is 9.35. The number of nitrogens with one attached hydrogen (secondary N) is 1. The van der Waals surface area contributed by atoms with Gasteiger partial charge in [0.15, 0.2) is 0 Å². The van der Waals surface area contributed by atoms with Crippen molar-refractivity contribution in [3.05, 3.63) is 0 Å². The zero-order chi connectivity index (χ0) is 14.8. The van der Waals surface area contributed by atoms with E-state index in [2.05, 4.69) is 42.9 Å². The average Bonchev–Trinajstić information content (AvgIpc) is 2.38. The van der Waals surface area contributed by atoms with Crippen LogP contribution in [0.1, 0.15) is 46.5 Å². The maximum Gasteiger partial charge on any atom is 0.224 e. The topological polar surface area (TPSA) is 35.6 Å². The van der Waals surface area contributed by atoms with Crippen molar-refractivity contribution in [1.82, 2.24) is 15.1 Å². The minimum atomic E-state index is -0.118. The number of likely N-dealkylation sites (tertiary alicyclic amines) is 2. The van der Waals surface area contributed by atoms with Crippen LogP contribution in [0.4, 0.5) is 0 Å². The third-order valence-electron chi connectivity index (χ3n) is 4.53. The number of rotatable bonds is 2. The highest BCUT2D eigenvalue weighted by atomic mass is 16.2. The van der Waals surface area contributed by atoms with Crippen LogP contribution in [0.3, 0.4) is 0 Å². The van der Waals surface area contributed by atoms with Gasteiger partial charge in [0.05, 0.1) is 5.92 Å². The number of hydrogen-bond acceptors (Lipinski definition) is 3. The molecule has 4 nitrogen and oxygen atoms in total. The first-order valence-electron chi connectivity index (χ1n) is 8.10. The molecule has 1 N–H and O–H groups in total. The third-order valence-corrected chi connectivity index (χ3v) is 4.53. The van der Waals surface area contributed by atoms with Gasteiger partial charge in [0.1, 0.15) is 0 Å².